The van der Waals surface area contributed by atoms with Crippen molar-refractivity contribution in [1.29, 1.82) is 0 Å². The first-order valence-electron chi connectivity index (χ1n) is 7.89. The van der Waals surface area contributed by atoms with Crippen molar-refractivity contribution in [2.75, 3.05) is 6.61 Å². The molecule has 5 nitrogen and oxygen atoms in total. The Hall–Kier alpha value is -1.21. The predicted molar refractivity (Wildman–Crippen MR) is 93.1 cm³/mol. The normalized spacial score (nSPS) is 13.7. The van der Waals surface area contributed by atoms with Crippen molar-refractivity contribution in [3.05, 3.63) is 35.9 Å². The van der Waals surface area contributed by atoms with Crippen LogP contribution in [0.4, 0.5) is 0 Å². The lowest BCUT2D eigenvalue weighted by atomic mass is 10.2. The summed E-state index contributed by atoms with van der Waals surface area (Å²) in [6, 6.07) is 9.59. The second-order valence-corrected chi connectivity index (χ2v) is 11.9. The molecular formula is C17H29NO4Si. The molecule has 6 heteroatoms. The van der Waals surface area contributed by atoms with Crippen LogP contribution in [0.2, 0.25) is 18.1 Å². The van der Waals surface area contributed by atoms with Crippen LogP contribution in [-0.4, -0.2) is 32.0 Å². The fourth-order valence-electron chi connectivity index (χ4n) is 1.76. The van der Waals surface area contributed by atoms with E-state index in [1.165, 1.54) is 0 Å². The summed E-state index contributed by atoms with van der Waals surface area (Å²) in [5, 5.41) is 9.51. The molecule has 1 aromatic carbocycles. The SMILES string of the molecule is CC(C)(C)[Si](C)(C)O[C@@H](CO)CC(=O)NOCc1ccccc1. The Morgan fingerprint density at radius 2 is 1.87 bits per heavy atom. The predicted octanol–water partition coefficient (Wildman–Crippen LogP) is 3.01. The van der Waals surface area contributed by atoms with E-state index in [2.05, 4.69) is 39.3 Å². The molecule has 1 aromatic rings. The molecule has 0 aromatic heterocycles. The molecule has 0 saturated heterocycles. The van der Waals surface area contributed by atoms with E-state index in [-0.39, 0.29) is 24.0 Å². The van der Waals surface area contributed by atoms with Crippen LogP contribution in [0.1, 0.15) is 32.8 Å². The minimum absolute atomic E-state index is 0.0285. The highest BCUT2D eigenvalue weighted by molar-refractivity contribution is 6.74. The average Bonchev–Trinajstić information content (AvgIpc) is 2.46. The van der Waals surface area contributed by atoms with Crippen molar-refractivity contribution in [3.63, 3.8) is 0 Å². The van der Waals surface area contributed by atoms with Crippen molar-refractivity contribution in [1.82, 2.24) is 5.48 Å². The second-order valence-electron chi connectivity index (χ2n) is 7.19. The summed E-state index contributed by atoms with van der Waals surface area (Å²) in [5.41, 5.74) is 3.38. The Labute approximate surface area is 140 Å². The fourth-order valence-corrected chi connectivity index (χ4v) is 3.10. The topological polar surface area (TPSA) is 67.8 Å². The van der Waals surface area contributed by atoms with Gasteiger partial charge in [-0.3, -0.25) is 9.63 Å². The number of aliphatic hydroxyl groups excluding tert-OH is 1. The van der Waals surface area contributed by atoms with Gasteiger partial charge in [-0.1, -0.05) is 51.1 Å². The number of carbonyl (C=O) groups is 1. The van der Waals surface area contributed by atoms with Gasteiger partial charge < -0.3 is 9.53 Å². The Morgan fingerprint density at radius 3 is 2.39 bits per heavy atom. The number of rotatable bonds is 8. The summed E-state index contributed by atoms with van der Waals surface area (Å²) in [7, 11) is -2.02. The van der Waals surface area contributed by atoms with Gasteiger partial charge in [-0.05, 0) is 23.7 Å². The molecule has 1 rings (SSSR count). The van der Waals surface area contributed by atoms with Crippen LogP contribution in [0, 0.1) is 0 Å². The van der Waals surface area contributed by atoms with Crippen LogP contribution in [0.25, 0.3) is 0 Å². The van der Waals surface area contributed by atoms with E-state index < -0.39 is 14.4 Å². The van der Waals surface area contributed by atoms with Gasteiger partial charge in [-0.25, -0.2) is 5.48 Å². The van der Waals surface area contributed by atoms with Gasteiger partial charge in [0, 0.05) is 0 Å². The highest BCUT2D eigenvalue weighted by atomic mass is 28.4. The van der Waals surface area contributed by atoms with E-state index >= 15 is 0 Å². The number of amides is 1. The van der Waals surface area contributed by atoms with Crippen molar-refractivity contribution in [2.24, 2.45) is 0 Å². The van der Waals surface area contributed by atoms with Crippen LogP contribution in [-0.2, 0) is 20.7 Å². The van der Waals surface area contributed by atoms with Crippen LogP contribution < -0.4 is 5.48 Å². The molecule has 0 aliphatic rings. The number of carbonyl (C=O) groups excluding carboxylic acids is 1. The summed E-state index contributed by atoms with van der Waals surface area (Å²) in [6.45, 7) is 10.7. The van der Waals surface area contributed by atoms with Gasteiger partial charge in [-0.2, -0.15) is 0 Å². The van der Waals surface area contributed by atoms with Crippen LogP contribution >= 0.6 is 0 Å². The maximum Gasteiger partial charge on any atom is 0.246 e. The van der Waals surface area contributed by atoms with E-state index in [9.17, 15) is 9.90 Å². The van der Waals surface area contributed by atoms with E-state index in [1.54, 1.807) is 0 Å². The van der Waals surface area contributed by atoms with Gasteiger partial charge in [0.15, 0.2) is 8.32 Å². The zero-order valence-corrected chi connectivity index (χ0v) is 15.8. The lowest BCUT2D eigenvalue weighted by Crippen LogP contribution is -2.46. The monoisotopic (exact) mass is 339 g/mol. The first kappa shape index (κ1) is 19.8. The minimum Gasteiger partial charge on any atom is -0.411 e. The first-order valence-corrected chi connectivity index (χ1v) is 10.8. The summed E-state index contributed by atoms with van der Waals surface area (Å²) in [4.78, 5) is 17.1. The molecule has 1 amide bonds. The second kappa shape index (κ2) is 8.59. The number of benzene rings is 1. The molecule has 0 radical (unpaired) electrons. The third-order valence-corrected chi connectivity index (χ3v) is 8.69. The van der Waals surface area contributed by atoms with Crippen LogP contribution in [0.3, 0.4) is 0 Å². The Morgan fingerprint density at radius 1 is 1.26 bits per heavy atom. The fraction of sp³-hybridized carbons (Fsp3) is 0.588. The number of aliphatic hydroxyl groups is 1. The third kappa shape index (κ3) is 6.82. The zero-order valence-electron chi connectivity index (χ0n) is 14.8. The van der Waals surface area contributed by atoms with Crippen molar-refractivity contribution in [3.8, 4) is 0 Å². The molecule has 0 unspecified atom stereocenters. The van der Waals surface area contributed by atoms with Gasteiger partial charge in [0.25, 0.3) is 0 Å². The van der Waals surface area contributed by atoms with Crippen molar-refractivity contribution < 1.29 is 19.2 Å². The molecule has 0 saturated carbocycles. The van der Waals surface area contributed by atoms with Gasteiger partial charge in [0.05, 0.1) is 25.7 Å². The van der Waals surface area contributed by atoms with Crippen molar-refractivity contribution >= 4 is 14.2 Å². The summed E-state index contributed by atoms with van der Waals surface area (Å²) >= 11 is 0. The third-order valence-electron chi connectivity index (χ3n) is 4.15. The molecule has 23 heavy (non-hydrogen) atoms. The molecular weight excluding hydrogens is 310 g/mol. The van der Waals surface area contributed by atoms with Gasteiger partial charge in [0.2, 0.25) is 5.91 Å². The molecule has 0 bridgehead atoms. The largest absolute Gasteiger partial charge is 0.411 e. The summed E-state index contributed by atoms with van der Waals surface area (Å²) in [5.74, 6) is -0.293. The maximum atomic E-state index is 11.9. The molecule has 2 N–H and O–H groups in total. The van der Waals surface area contributed by atoms with Gasteiger partial charge in [0.1, 0.15) is 0 Å². The Kier molecular flexibility index (Phi) is 7.40. The standard InChI is InChI=1S/C17H29NO4Si/c1-17(2,3)23(4,5)22-15(12-19)11-16(20)18-21-13-14-9-7-6-8-10-14/h6-10,15,19H,11-13H2,1-5H3,(H,18,20)/t15-/m1/s1. The molecule has 0 heterocycles. The lowest BCUT2D eigenvalue weighted by Gasteiger charge is -2.38. The highest BCUT2D eigenvalue weighted by Crippen LogP contribution is 2.37. The minimum atomic E-state index is -2.02. The summed E-state index contributed by atoms with van der Waals surface area (Å²) < 4.78 is 6.06. The molecule has 130 valence electrons. The number of hydrogen-bond donors (Lipinski definition) is 2. The molecule has 0 spiro atoms. The average molecular weight is 340 g/mol. The molecule has 1 atom stereocenters. The smallest absolute Gasteiger partial charge is 0.246 e. The number of hydroxylamine groups is 1. The van der Waals surface area contributed by atoms with Gasteiger partial charge in [-0.15, -0.1) is 0 Å². The summed E-state index contributed by atoms with van der Waals surface area (Å²) in [6.07, 6.45) is -0.422. The highest BCUT2D eigenvalue weighted by Gasteiger charge is 2.39. The van der Waals surface area contributed by atoms with E-state index in [1.807, 2.05) is 30.3 Å². The molecule has 0 fully saturated rings. The molecule has 0 aliphatic heterocycles. The quantitative estimate of drug-likeness (QED) is 0.564. The zero-order chi connectivity index (χ0) is 17.5. The van der Waals surface area contributed by atoms with Crippen molar-refractivity contribution in [2.45, 2.75) is 58.0 Å². The van der Waals surface area contributed by atoms with E-state index in [0.717, 1.165) is 5.56 Å². The lowest BCUT2D eigenvalue weighted by molar-refractivity contribution is -0.136. The maximum absolute atomic E-state index is 11.9. The van der Waals surface area contributed by atoms with Gasteiger partial charge >= 0.3 is 0 Å². The van der Waals surface area contributed by atoms with Crippen LogP contribution in [0.15, 0.2) is 30.3 Å². The van der Waals surface area contributed by atoms with E-state index in [4.69, 9.17) is 9.26 Å². The van der Waals surface area contributed by atoms with E-state index in [0.29, 0.717) is 6.61 Å². The number of hydrogen-bond acceptors (Lipinski definition) is 4. The van der Waals surface area contributed by atoms with Crippen LogP contribution in [0.5, 0.6) is 0 Å². The Balaban J connectivity index is 2.41. The Bertz CT molecular complexity index is 485. The molecule has 0 aliphatic carbocycles. The first-order chi connectivity index (χ1) is 10.7. The number of nitrogens with one attached hydrogen (secondary N) is 1.